The summed E-state index contributed by atoms with van der Waals surface area (Å²) >= 11 is 0. The van der Waals surface area contributed by atoms with Crippen LogP contribution in [-0.2, 0) is 11.3 Å². The Morgan fingerprint density at radius 1 is 1.22 bits per heavy atom. The van der Waals surface area contributed by atoms with Crippen LogP contribution in [0, 0.1) is 6.92 Å². The molecular weight excluding hydrogens is 286 g/mol. The van der Waals surface area contributed by atoms with E-state index >= 15 is 0 Å². The molecule has 0 radical (unpaired) electrons. The maximum absolute atomic E-state index is 12.4. The van der Waals surface area contributed by atoms with Crippen LogP contribution in [0.25, 0.3) is 0 Å². The highest BCUT2D eigenvalue weighted by atomic mass is 16.2. The Morgan fingerprint density at radius 3 is 2.70 bits per heavy atom. The van der Waals surface area contributed by atoms with Gasteiger partial charge in [-0.05, 0) is 25.3 Å². The average molecular weight is 315 g/mol. The van der Waals surface area contributed by atoms with Crippen molar-refractivity contribution in [1.82, 2.24) is 15.5 Å². The summed E-state index contributed by atoms with van der Waals surface area (Å²) in [6.45, 7) is 6.26. The van der Waals surface area contributed by atoms with E-state index in [1.54, 1.807) is 0 Å². The molecule has 1 aliphatic carbocycles. The van der Waals surface area contributed by atoms with Crippen LogP contribution in [0.1, 0.15) is 43.2 Å². The minimum atomic E-state index is 0.150. The number of nitrogens with zero attached hydrogens (tertiary/aromatic N) is 1. The first-order valence-electron chi connectivity index (χ1n) is 8.96. The molecule has 0 atom stereocenters. The minimum absolute atomic E-state index is 0.150. The van der Waals surface area contributed by atoms with E-state index in [9.17, 15) is 4.79 Å². The zero-order valence-corrected chi connectivity index (χ0v) is 14.2. The van der Waals surface area contributed by atoms with Gasteiger partial charge < -0.3 is 10.6 Å². The number of hydrogen-bond donors (Lipinski definition) is 2. The minimum Gasteiger partial charge on any atom is -0.351 e. The fourth-order valence-electron chi connectivity index (χ4n) is 3.97. The van der Waals surface area contributed by atoms with Crippen LogP contribution in [0.15, 0.2) is 24.3 Å². The molecule has 1 amide bonds. The van der Waals surface area contributed by atoms with Crippen molar-refractivity contribution in [2.24, 2.45) is 0 Å². The Morgan fingerprint density at radius 2 is 1.96 bits per heavy atom. The molecule has 2 aliphatic rings. The summed E-state index contributed by atoms with van der Waals surface area (Å²) in [6.07, 6.45) is 6.39. The zero-order chi connectivity index (χ0) is 16.1. The van der Waals surface area contributed by atoms with Crippen molar-refractivity contribution in [1.29, 1.82) is 0 Å². The molecule has 126 valence electrons. The molecule has 4 nitrogen and oxygen atoms in total. The number of amides is 1. The lowest BCUT2D eigenvalue weighted by molar-refractivity contribution is -0.125. The second kappa shape index (κ2) is 7.45. The van der Waals surface area contributed by atoms with Gasteiger partial charge in [0.2, 0.25) is 5.91 Å². The van der Waals surface area contributed by atoms with Crippen molar-refractivity contribution in [3.05, 3.63) is 35.4 Å². The van der Waals surface area contributed by atoms with Gasteiger partial charge in [-0.1, -0.05) is 49.1 Å². The molecule has 1 aromatic carbocycles. The first-order chi connectivity index (χ1) is 11.2. The Hall–Kier alpha value is -1.39. The van der Waals surface area contributed by atoms with Gasteiger partial charge in [0.15, 0.2) is 0 Å². The van der Waals surface area contributed by atoms with Crippen molar-refractivity contribution < 1.29 is 4.79 Å². The highest BCUT2D eigenvalue weighted by Gasteiger charge is 2.40. The molecule has 4 heteroatoms. The predicted octanol–water partition coefficient (Wildman–Crippen LogP) is 2.22. The molecule has 1 heterocycles. The largest absolute Gasteiger partial charge is 0.351 e. The fraction of sp³-hybridized carbons (Fsp3) is 0.632. The number of hydrogen-bond acceptors (Lipinski definition) is 3. The Kier molecular flexibility index (Phi) is 5.34. The number of carbonyl (C=O) groups is 1. The van der Waals surface area contributed by atoms with E-state index in [0.717, 1.165) is 25.2 Å². The topological polar surface area (TPSA) is 44.4 Å². The quantitative estimate of drug-likeness (QED) is 0.895. The summed E-state index contributed by atoms with van der Waals surface area (Å²) in [7, 11) is 0. The molecular formula is C19H29N3O. The van der Waals surface area contributed by atoms with Crippen LogP contribution in [0.4, 0.5) is 0 Å². The number of aryl methyl sites for hydroxylation is 1. The van der Waals surface area contributed by atoms with Crippen LogP contribution in [0.5, 0.6) is 0 Å². The average Bonchev–Trinajstić information content (AvgIpc) is 2.57. The van der Waals surface area contributed by atoms with Gasteiger partial charge in [0, 0.05) is 31.7 Å². The third-order valence-corrected chi connectivity index (χ3v) is 5.41. The van der Waals surface area contributed by atoms with Gasteiger partial charge >= 0.3 is 0 Å². The molecule has 2 fully saturated rings. The summed E-state index contributed by atoms with van der Waals surface area (Å²) in [6, 6.07) is 8.36. The molecule has 2 N–H and O–H groups in total. The van der Waals surface area contributed by atoms with Gasteiger partial charge in [0.05, 0.1) is 6.54 Å². The van der Waals surface area contributed by atoms with Crippen molar-refractivity contribution in [3.63, 3.8) is 0 Å². The standard InChI is InChI=1S/C19H29N3O/c1-16-5-7-17(8-6-16)13-21-18(23)14-22-12-11-20-15-19(22)9-3-2-4-10-19/h5-8,20H,2-4,9-15H2,1H3,(H,21,23). The second-order valence-electron chi connectivity index (χ2n) is 7.15. The number of rotatable bonds is 4. The van der Waals surface area contributed by atoms with Crippen LogP contribution in [0.3, 0.4) is 0 Å². The van der Waals surface area contributed by atoms with Gasteiger partial charge in [-0.2, -0.15) is 0 Å². The normalized spacial score (nSPS) is 21.3. The molecule has 0 aromatic heterocycles. The first-order valence-corrected chi connectivity index (χ1v) is 8.96. The summed E-state index contributed by atoms with van der Waals surface area (Å²) < 4.78 is 0. The van der Waals surface area contributed by atoms with Crippen molar-refractivity contribution in [2.45, 2.75) is 51.1 Å². The van der Waals surface area contributed by atoms with E-state index in [0.29, 0.717) is 13.1 Å². The van der Waals surface area contributed by atoms with Gasteiger partial charge in [-0.3, -0.25) is 9.69 Å². The van der Waals surface area contributed by atoms with Crippen molar-refractivity contribution >= 4 is 5.91 Å². The van der Waals surface area contributed by atoms with Gasteiger partial charge in [0.1, 0.15) is 0 Å². The molecule has 0 unspecified atom stereocenters. The number of piperazine rings is 1. The molecule has 1 aliphatic heterocycles. The lowest BCUT2D eigenvalue weighted by atomic mass is 9.79. The van der Waals surface area contributed by atoms with Crippen molar-refractivity contribution in [2.75, 3.05) is 26.2 Å². The molecule has 0 bridgehead atoms. The van der Waals surface area contributed by atoms with Crippen LogP contribution in [-0.4, -0.2) is 42.5 Å². The Labute approximate surface area is 139 Å². The number of nitrogens with one attached hydrogen (secondary N) is 2. The van der Waals surface area contributed by atoms with E-state index in [1.807, 2.05) is 0 Å². The second-order valence-corrected chi connectivity index (χ2v) is 7.15. The van der Waals surface area contributed by atoms with Gasteiger partial charge in [-0.15, -0.1) is 0 Å². The monoisotopic (exact) mass is 315 g/mol. The van der Waals surface area contributed by atoms with Crippen LogP contribution in [0.2, 0.25) is 0 Å². The summed E-state index contributed by atoms with van der Waals surface area (Å²) in [5.74, 6) is 0.150. The molecule has 23 heavy (non-hydrogen) atoms. The lowest BCUT2D eigenvalue weighted by Gasteiger charge is -2.49. The number of benzene rings is 1. The maximum Gasteiger partial charge on any atom is 0.234 e. The van der Waals surface area contributed by atoms with E-state index in [-0.39, 0.29) is 11.4 Å². The smallest absolute Gasteiger partial charge is 0.234 e. The lowest BCUT2D eigenvalue weighted by Crippen LogP contribution is -2.63. The van der Waals surface area contributed by atoms with E-state index in [2.05, 4.69) is 46.7 Å². The Bertz CT molecular complexity index is 512. The van der Waals surface area contributed by atoms with Crippen LogP contribution >= 0.6 is 0 Å². The van der Waals surface area contributed by atoms with E-state index < -0.39 is 0 Å². The third kappa shape index (κ3) is 4.12. The van der Waals surface area contributed by atoms with Gasteiger partial charge in [0.25, 0.3) is 0 Å². The first kappa shape index (κ1) is 16.5. The maximum atomic E-state index is 12.4. The fourth-order valence-corrected chi connectivity index (χ4v) is 3.97. The van der Waals surface area contributed by atoms with Crippen LogP contribution < -0.4 is 10.6 Å². The summed E-state index contributed by atoms with van der Waals surface area (Å²) in [4.78, 5) is 14.8. The van der Waals surface area contributed by atoms with E-state index in [4.69, 9.17) is 0 Å². The highest BCUT2D eigenvalue weighted by Crippen LogP contribution is 2.34. The predicted molar refractivity (Wildman–Crippen MR) is 93.3 cm³/mol. The SMILES string of the molecule is Cc1ccc(CNC(=O)CN2CCNCC23CCCCC3)cc1. The molecule has 1 saturated carbocycles. The van der Waals surface area contributed by atoms with Gasteiger partial charge in [-0.25, -0.2) is 0 Å². The molecule has 3 rings (SSSR count). The van der Waals surface area contributed by atoms with E-state index in [1.165, 1.54) is 37.7 Å². The number of carbonyl (C=O) groups excluding carboxylic acids is 1. The Balaban J connectivity index is 1.54. The third-order valence-electron chi connectivity index (χ3n) is 5.41. The summed E-state index contributed by atoms with van der Waals surface area (Å²) in [5.41, 5.74) is 2.63. The summed E-state index contributed by atoms with van der Waals surface area (Å²) in [5, 5.41) is 6.62. The van der Waals surface area contributed by atoms with Crippen molar-refractivity contribution in [3.8, 4) is 0 Å². The zero-order valence-electron chi connectivity index (χ0n) is 14.2. The molecule has 1 saturated heterocycles. The molecule has 1 spiro atoms. The molecule has 1 aromatic rings. The highest BCUT2D eigenvalue weighted by molar-refractivity contribution is 5.78.